The first-order valence-corrected chi connectivity index (χ1v) is 9.06. The Kier molecular flexibility index (Phi) is 5.51. The molecule has 0 saturated carbocycles. The molecule has 2 heterocycles. The molecular weight excluding hydrogens is 310 g/mol. The van der Waals surface area contributed by atoms with Crippen molar-refractivity contribution in [1.82, 2.24) is 15.0 Å². The number of hydrogen-bond donors (Lipinski definition) is 2. The lowest BCUT2D eigenvalue weighted by Gasteiger charge is -2.02. The highest BCUT2D eigenvalue weighted by Gasteiger charge is 2.17. The van der Waals surface area contributed by atoms with Crippen molar-refractivity contribution in [1.29, 1.82) is 0 Å². The van der Waals surface area contributed by atoms with Gasteiger partial charge in [-0.25, -0.2) is 18.1 Å². The molecule has 2 aromatic heterocycles. The molecule has 0 aliphatic heterocycles. The van der Waals surface area contributed by atoms with Gasteiger partial charge >= 0.3 is 0 Å². The zero-order valence-corrected chi connectivity index (χ0v) is 13.7. The largest absolute Gasteiger partial charge is 0.445 e. The van der Waals surface area contributed by atoms with Crippen molar-refractivity contribution in [3.05, 3.63) is 34.9 Å². The number of thiophene rings is 1. The molecule has 0 spiro atoms. The molecule has 0 unspecified atom stereocenters. The van der Waals surface area contributed by atoms with Crippen molar-refractivity contribution in [2.24, 2.45) is 0 Å². The Morgan fingerprint density at radius 2 is 2.19 bits per heavy atom. The number of oxazole rings is 1. The molecule has 0 saturated heterocycles. The van der Waals surface area contributed by atoms with E-state index in [1.54, 1.807) is 19.2 Å². The molecule has 2 rings (SSSR count). The van der Waals surface area contributed by atoms with Crippen molar-refractivity contribution in [2.45, 2.75) is 37.6 Å². The first-order chi connectivity index (χ1) is 10.0. The topological polar surface area (TPSA) is 84.2 Å². The predicted octanol–water partition coefficient (Wildman–Crippen LogP) is 2.02. The fourth-order valence-corrected chi connectivity index (χ4v) is 3.94. The highest BCUT2D eigenvalue weighted by molar-refractivity contribution is 7.91. The summed E-state index contributed by atoms with van der Waals surface area (Å²) in [5.41, 5.74) is 0.973. The van der Waals surface area contributed by atoms with Crippen LogP contribution in [0.1, 0.15) is 30.6 Å². The molecule has 0 aliphatic carbocycles. The summed E-state index contributed by atoms with van der Waals surface area (Å²) in [4.78, 5) is 3.97. The normalized spacial score (nSPS) is 11.9. The SMILES string of the molecule is CCCNCc1csc(S(=O)(=O)NCc2ncc(C)o2)c1. The van der Waals surface area contributed by atoms with E-state index in [1.165, 1.54) is 11.3 Å². The van der Waals surface area contributed by atoms with Crippen molar-refractivity contribution in [2.75, 3.05) is 6.54 Å². The van der Waals surface area contributed by atoms with Gasteiger partial charge in [-0.3, -0.25) is 0 Å². The van der Waals surface area contributed by atoms with Gasteiger partial charge in [0.2, 0.25) is 5.89 Å². The molecule has 0 aliphatic rings. The third-order valence-corrected chi connectivity index (χ3v) is 5.62. The number of hydrogen-bond acceptors (Lipinski definition) is 6. The lowest BCUT2D eigenvalue weighted by Crippen LogP contribution is -2.22. The van der Waals surface area contributed by atoms with Gasteiger partial charge in [0.1, 0.15) is 9.97 Å². The van der Waals surface area contributed by atoms with Crippen LogP contribution in [-0.4, -0.2) is 19.9 Å². The van der Waals surface area contributed by atoms with Gasteiger partial charge in [0.15, 0.2) is 0 Å². The van der Waals surface area contributed by atoms with E-state index in [4.69, 9.17) is 4.42 Å². The Bertz CT molecular complexity index is 676. The molecule has 2 N–H and O–H groups in total. The van der Waals surface area contributed by atoms with Crippen molar-refractivity contribution in [3.8, 4) is 0 Å². The Balaban J connectivity index is 1.95. The predicted molar refractivity (Wildman–Crippen MR) is 81.6 cm³/mol. The van der Waals surface area contributed by atoms with Gasteiger partial charge in [-0.05, 0) is 36.9 Å². The Hall–Kier alpha value is -1.22. The third-order valence-electron chi connectivity index (χ3n) is 2.73. The number of aryl methyl sites for hydroxylation is 1. The van der Waals surface area contributed by atoms with Gasteiger partial charge < -0.3 is 9.73 Å². The number of rotatable bonds is 8. The number of nitrogens with one attached hydrogen (secondary N) is 2. The zero-order valence-electron chi connectivity index (χ0n) is 12.0. The van der Waals surface area contributed by atoms with Crippen LogP contribution in [0.15, 0.2) is 26.3 Å². The maximum Gasteiger partial charge on any atom is 0.250 e. The minimum atomic E-state index is -3.52. The average Bonchev–Trinajstić information content (AvgIpc) is 3.06. The molecule has 0 atom stereocenters. The molecule has 6 nitrogen and oxygen atoms in total. The number of sulfonamides is 1. The molecule has 0 aromatic carbocycles. The molecule has 2 aromatic rings. The quantitative estimate of drug-likeness (QED) is 0.724. The van der Waals surface area contributed by atoms with E-state index in [1.807, 2.05) is 5.38 Å². The second-order valence-corrected chi connectivity index (χ2v) is 7.54. The average molecular weight is 329 g/mol. The van der Waals surface area contributed by atoms with Gasteiger partial charge in [-0.15, -0.1) is 11.3 Å². The number of nitrogens with zero attached hydrogens (tertiary/aromatic N) is 1. The summed E-state index contributed by atoms with van der Waals surface area (Å²) in [5, 5.41) is 5.10. The Morgan fingerprint density at radius 1 is 1.38 bits per heavy atom. The van der Waals surface area contributed by atoms with Gasteiger partial charge in [-0.1, -0.05) is 6.92 Å². The summed E-state index contributed by atoms with van der Waals surface area (Å²) >= 11 is 1.21. The minimum absolute atomic E-state index is 0.0531. The highest BCUT2D eigenvalue weighted by Crippen LogP contribution is 2.20. The molecule has 0 fully saturated rings. The van der Waals surface area contributed by atoms with E-state index in [9.17, 15) is 8.42 Å². The first kappa shape index (κ1) is 16.2. The lowest BCUT2D eigenvalue weighted by atomic mass is 10.3. The van der Waals surface area contributed by atoms with Gasteiger partial charge in [-0.2, -0.15) is 0 Å². The minimum Gasteiger partial charge on any atom is -0.445 e. The summed E-state index contributed by atoms with van der Waals surface area (Å²) in [5.74, 6) is 1.02. The van der Waals surface area contributed by atoms with Gasteiger partial charge in [0, 0.05) is 6.54 Å². The number of aromatic nitrogens is 1. The van der Waals surface area contributed by atoms with Gasteiger partial charge in [0.25, 0.3) is 10.0 Å². The molecular formula is C13H19N3O3S2. The van der Waals surface area contributed by atoms with Crippen molar-refractivity contribution in [3.63, 3.8) is 0 Å². The van der Waals surface area contributed by atoms with Crippen LogP contribution in [0.25, 0.3) is 0 Å². The van der Waals surface area contributed by atoms with Crippen LogP contribution in [0, 0.1) is 6.92 Å². The van der Waals surface area contributed by atoms with Gasteiger partial charge in [0.05, 0.1) is 12.7 Å². The summed E-state index contributed by atoms with van der Waals surface area (Å²) in [7, 11) is -3.52. The smallest absolute Gasteiger partial charge is 0.250 e. The van der Waals surface area contributed by atoms with Crippen LogP contribution in [0.3, 0.4) is 0 Å². The van der Waals surface area contributed by atoms with Crippen LogP contribution < -0.4 is 10.0 Å². The van der Waals surface area contributed by atoms with Crippen LogP contribution >= 0.6 is 11.3 Å². The van der Waals surface area contributed by atoms with Crippen LogP contribution in [0.2, 0.25) is 0 Å². The van der Waals surface area contributed by atoms with Crippen LogP contribution in [0.4, 0.5) is 0 Å². The molecule has 8 heteroatoms. The molecule has 0 amide bonds. The van der Waals surface area contributed by atoms with Crippen LogP contribution in [-0.2, 0) is 23.1 Å². The van der Waals surface area contributed by atoms with E-state index in [2.05, 4.69) is 21.9 Å². The van der Waals surface area contributed by atoms with E-state index < -0.39 is 10.0 Å². The van der Waals surface area contributed by atoms with E-state index >= 15 is 0 Å². The molecule has 0 radical (unpaired) electrons. The van der Waals surface area contributed by atoms with Crippen molar-refractivity contribution < 1.29 is 12.8 Å². The summed E-state index contributed by atoms with van der Waals surface area (Å²) in [6.07, 6.45) is 2.61. The second kappa shape index (κ2) is 7.17. The summed E-state index contributed by atoms with van der Waals surface area (Å²) < 4.78 is 32.4. The Labute approximate surface area is 128 Å². The summed E-state index contributed by atoms with van der Waals surface area (Å²) in [6, 6.07) is 1.69. The monoisotopic (exact) mass is 329 g/mol. The van der Waals surface area contributed by atoms with Crippen LogP contribution in [0.5, 0.6) is 0 Å². The maximum absolute atomic E-state index is 12.2. The third kappa shape index (κ3) is 4.63. The fraction of sp³-hybridized carbons (Fsp3) is 0.462. The first-order valence-electron chi connectivity index (χ1n) is 6.70. The molecule has 21 heavy (non-hydrogen) atoms. The highest BCUT2D eigenvalue weighted by atomic mass is 32.2. The van der Waals surface area contributed by atoms with Crippen molar-refractivity contribution >= 4 is 21.4 Å². The Morgan fingerprint density at radius 3 is 2.86 bits per heavy atom. The summed E-state index contributed by atoms with van der Waals surface area (Å²) in [6.45, 7) is 5.50. The lowest BCUT2D eigenvalue weighted by molar-refractivity contribution is 0.463. The van der Waals surface area contributed by atoms with E-state index in [0.717, 1.165) is 18.5 Å². The fourth-order valence-electron chi connectivity index (χ4n) is 1.71. The zero-order chi connectivity index (χ0) is 15.3. The standard InChI is InChI=1S/C13H19N3O3S2/c1-3-4-14-7-11-5-13(20-9-11)21(17,18)16-8-12-15-6-10(2)19-12/h5-6,9,14,16H,3-4,7-8H2,1-2H3. The van der Waals surface area contributed by atoms with E-state index in [-0.39, 0.29) is 6.54 Å². The molecule has 0 bridgehead atoms. The maximum atomic E-state index is 12.2. The second-order valence-electron chi connectivity index (χ2n) is 4.64. The molecule has 116 valence electrons. The van der Waals surface area contributed by atoms with E-state index in [0.29, 0.717) is 22.4 Å².